The Morgan fingerprint density at radius 2 is 1.95 bits per heavy atom. The number of rotatable bonds is 4. The van der Waals surface area contributed by atoms with Crippen LogP contribution in [0.1, 0.15) is 25.1 Å². The molecule has 0 aliphatic heterocycles. The second kappa shape index (κ2) is 5.85. The topological polar surface area (TPSA) is 29.9 Å². The van der Waals surface area contributed by atoms with Crippen LogP contribution in [-0.4, -0.2) is 15.8 Å². The molecule has 0 spiro atoms. The first-order valence-electron chi connectivity index (χ1n) is 6.43. The van der Waals surface area contributed by atoms with E-state index in [9.17, 15) is 17.6 Å². The Morgan fingerprint density at radius 1 is 1.24 bits per heavy atom. The number of aromatic nitrogens is 2. The highest BCUT2D eigenvalue weighted by atomic mass is 19.4. The van der Waals surface area contributed by atoms with Crippen LogP contribution in [0.5, 0.6) is 0 Å². The Kier molecular flexibility index (Phi) is 4.32. The van der Waals surface area contributed by atoms with Crippen LogP contribution in [0.3, 0.4) is 0 Å². The fourth-order valence-corrected chi connectivity index (χ4v) is 1.85. The normalized spacial score (nSPS) is 12.1. The minimum atomic E-state index is -4.52. The van der Waals surface area contributed by atoms with Gasteiger partial charge in [0.05, 0.1) is 5.69 Å². The minimum absolute atomic E-state index is 0.126. The van der Waals surface area contributed by atoms with Crippen LogP contribution in [0, 0.1) is 5.82 Å². The Hall–Kier alpha value is -1.89. The van der Waals surface area contributed by atoms with Crippen molar-refractivity contribution in [2.24, 2.45) is 0 Å². The lowest BCUT2D eigenvalue weighted by Crippen LogP contribution is -2.23. The Labute approximate surface area is 119 Å². The van der Waals surface area contributed by atoms with Crippen LogP contribution in [0.15, 0.2) is 30.5 Å². The lowest BCUT2D eigenvalue weighted by Gasteiger charge is -2.13. The molecule has 7 heteroatoms. The summed E-state index contributed by atoms with van der Waals surface area (Å²) in [7, 11) is 0. The van der Waals surface area contributed by atoms with Gasteiger partial charge in [-0.05, 0) is 18.2 Å². The molecule has 21 heavy (non-hydrogen) atoms. The molecule has 0 aliphatic carbocycles. The van der Waals surface area contributed by atoms with Gasteiger partial charge in [0.15, 0.2) is 5.69 Å². The standard InChI is InChI=1S/C14H15F4N3/c1-9(2)19-8-10-11(15)4-3-5-12(10)21-7-6-13(20-21)14(16,17)18/h3-7,9,19H,8H2,1-2H3. The Morgan fingerprint density at radius 3 is 2.52 bits per heavy atom. The highest BCUT2D eigenvalue weighted by molar-refractivity contribution is 5.41. The van der Waals surface area contributed by atoms with E-state index in [2.05, 4.69) is 10.4 Å². The molecule has 0 saturated heterocycles. The van der Waals surface area contributed by atoms with Crippen LogP contribution in [0.4, 0.5) is 17.6 Å². The number of halogens is 4. The van der Waals surface area contributed by atoms with Crippen LogP contribution < -0.4 is 5.32 Å². The molecule has 1 aromatic carbocycles. The van der Waals surface area contributed by atoms with Gasteiger partial charge >= 0.3 is 6.18 Å². The average Bonchev–Trinajstić information content (AvgIpc) is 2.86. The van der Waals surface area contributed by atoms with Crippen LogP contribution in [0.25, 0.3) is 5.69 Å². The van der Waals surface area contributed by atoms with E-state index in [4.69, 9.17) is 0 Å². The molecule has 0 fully saturated rings. The largest absolute Gasteiger partial charge is 0.435 e. The summed E-state index contributed by atoms with van der Waals surface area (Å²) in [5.74, 6) is -0.482. The van der Waals surface area contributed by atoms with Crippen molar-refractivity contribution >= 4 is 0 Å². The van der Waals surface area contributed by atoms with Gasteiger partial charge in [-0.1, -0.05) is 19.9 Å². The molecule has 2 aromatic rings. The molecule has 0 atom stereocenters. The summed E-state index contributed by atoms with van der Waals surface area (Å²) in [4.78, 5) is 0. The van der Waals surface area contributed by atoms with Crippen molar-refractivity contribution in [2.45, 2.75) is 32.6 Å². The average molecular weight is 301 g/mol. The first kappa shape index (κ1) is 15.5. The smallest absolute Gasteiger partial charge is 0.310 e. The first-order chi connectivity index (χ1) is 9.79. The molecule has 0 radical (unpaired) electrons. The zero-order chi connectivity index (χ0) is 15.6. The van der Waals surface area contributed by atoms with E-state index in [1.54, 1.807) is 0 Å². The van der Waals surface area contributed by atoms with Crippen LogP contribution in [-0.2, 0) is 12.7 Å². The number of hydrogen-bond donors (Lipinski definition) is 1. The predicted molar refractivity (Wildman–Crippen MR) is 70.5 cm³/mol. The summed E-state index contributed by atoms with van der Waals surface area (Å²) in [6.45, 7) is 4.01. The van der Waals surface area contributed by atoms with E-state index < -0.39 is 17.7 Å². The molecule has 0 aliphatic rings. The van der Waals surface area contributed by atoms with Gasteiger partial charge < -0.3 is 5.32 Å². The third kappa shape index (κ3) is 3.60. The molecule has 0 unspecified atom stereocenters. The predicted octanol–water partition coefficient (Wildman–Crippen LogP) is 3.53. The molecule has 0 saturated carbocycles. The highest BCUT2D eigenvalue weighted by Gasteiger charge is 2.33. The maximum absolute atomic E-state index is 13.9. The summed E-state index contributed by atoms with van der Waals surface area (Å²) in [6.07, 6.45) is -3.34. The fourth-order valence-electron chi connectivity index (χ4n) is 1.85. The number of benzene rings is 1. The SMILES string of the molecule is CC(C)NCc1c(F)cccc1-n1ccc(C(F)(F)F)n1. The molecular weight excluding hydrogens is 286 g/mol. The summed E-state index contributed by atoms with van der Waals surface area (Å²) in [5, 5.41) is 6.52. The monoisotopic (exact) mass is 301 g/mol. The maximum Gasteiger partial charge on any atom is 0.435 e. The Balaban J connectivity index is 2.39. The number of nitrogens with zero attached hydrogens (tertiary/aromatic N) is 2. The van der Waals surface area contributed by atoms with Gasteiger partial charge in [-0.3, -0.25) is 0 Å². The van der Waals surface area contributed by atoms with Gasteiger partial charge in [-0.15, -0.1) is 0 Å². The van der Waals surface area contributed by atoms with E-state index in [1.807, 2.05) is 13.8 Å². The van der Waals surface area contributed by atoms with E-state index in [0.717, 1.165) is 10.7 Å². The van der Waals surface area contributed by atoms with Crippen molar-refractivity contribution in [3.8, 4) is 5.69 Å². The highest BCUT2D eigenvalue weighted by Crippen LogP contribution is 2.28. The minimum Gasteiger partial charge on any atom is -0.310 e. The van der Waals surface area contributed by atoms with Gasteiger partial charge in [0, 0.05) is 24.3 Å². The van der Waals surface area contributed by atoms with E-state index in [0.29, 0.717) is 5.69 Å². The molecule has 0 bridgehead atoms. The lowest BCUT2D eigenvalue weighted by molar-refractivity contribution is -0.141. The van der Waals surface area contributed by atoms with Crippen LogP contribution >= 0.6 is 0 Å². The zero-order valence-electron chi connectivity index (χ0n) is 11.6. The first-order valence-corrected chi connectivity index (χ1v) is 6.43. The zero-order valence-corrected chi connectivity index (χ0v) is 11.6. The molecule has 2 rings (SSSR count). The molecule has 3 nitrogen and oxygen atoms in total. The molecule has 114 valence electrons. The summed E-state index contributed by atoms with van der Waals surface area (Å²) >= 11 is 0. The van der Waals surface area contributed by atoms with Crippen molar-refractivity contribution < 1.29 is 17.6 Å². The quantitative estimate of drug-likeness (QED) is 0.876. The fraction of sp³-hybridized carbons (Fsp3) is 0.357. The number of hydrogen-bond acceptors (Lipinski definition) is 2. The molecule has 0 amide bonds. The van der Waals surface area contributed by atoms with Crippen molar-refractivity contribution in [3.05, 3.63) is 47.5 Å². The lowest BCUT2D eigenvalue weighted by atomic mass is 10.1. The van der Waals surface area contributed by atoms with Gasteiger partial charge in [0.1, 0.15) is 5.82 Å². The summed E-state index contributed by atoms with van der Waals surface area (Å²) in [5.41, 5.74) is -0.434. The van der Waals surface area contributed by atoms with Crippen LogP contribution in [0.2, 0.25) is 0 Å². The summed E-state index contributed by atoms with van der Waals surface area (Å²) in [6, 6.07) is 5.24. The van der Waals surface area contributed by atoms with Gasteiger partial charge in [-0.2, -0.15) is 18.3 Å². The van der Waals surface area contributed by atoms with Crippen molar-refractivity contribution in [1.82, 2.24) is 15.1 Å². The van der Waals surface area contributed by atoms with Gasteiger partial charge in [0.25, 0.3) is 0 Å². The van der Waals surface area contributed by atoms with Crippen molar-refractivity contribution in [3.63, 3.8) is 0 Å². The Bertz CT molecular complexity index is 617. The molecule has 1 heterocycles. The molecule has 1 N–H and O–H groups in total. The maximum atomic E-state index is 13.9. The molecular formula is C14H15F4N3. The van der Waals surface area contributed by atoms with E-state index in [1.165, 1.54) is 24.4 Å². The third-order valence-corrected chi connectivity index (χ3v) is 2.91. The van der Waals surface area contributed by atoms with Gasteiger partial charge in [-0.25, -0.2) is 9.07 Å². The van der Waals surface area contributed by atoms with Crippen molar-refractivity contribution in [2.75, 3.05) is 0 Å². The molecule has 1 aromatic heterocycles. The van der Waals surface area contributed by atoms with Gasteiger partial charge in [0.2, 0.25) is 0 Å². The second-order valence-electron chi connectivity index (χ2n) is 4.92. The number of alkyl halides is 3. The van der Waals surface area contributed by atoms with Crippen molar-refractivity contribution in [1.29, 1.82) is 0 Å². The van der Waals surface area contributed by atoms with E-state index >= 15 is 0 Å². The second-order valence-corrected chi connectivity index (χ2v) is 4.92. The van der Waals surface area contributed by atoms with E-state index in [-0.39, 0.29) is 18.2 Å². The number of nitrogens with one attached hydrogen (secondary N) is 1. The third-order valence-electron chi connectivity index (χ3n) is 2.91. The summed E-state index contributed by atoms with van der Waals surface area (Å²) < 4.78 is 52.7.